The largest absolute Gasteiger partial charge is 0.481 e. The number of hydrogen-bond donors (Lipinski definition) is 1. The first-order chi connectivity index (χ1) is 8.91. The third-order valence-electron chi connectivity index (χ3n) is 2.89. The van der Waals surface area contributed by atoms with Crippen molar-refractivity contribution in [1.82, 2.24) is 9.80 Å². The number of amides is 4. The Balaban J connectivity index is 2.33. The molecule has 4 amide bonds. The number of hydrogen-bond acceptors (Lipinski definition) is 5. The maximum absolute atomic E-state index is 11.6. The van der Waals surface area contributed by atoms with Gasteiger partial charge in [-0.15, -0.1) is 0 Å². The van der Waals surface area contributed by atoms with E-state index in [1.165, 1.54) is 0 Å². The van der Waals surface area contributed by atoms with Gasteiger partial charge in [-0.3, -0.25) is 33.8 Å². The lowest BCUT2D eigenvalue weighted by Gasteiger charge is -2.31. The third-order valence-corrected chi connectivity index (χ3v) is 2.89. The van der Waals surface area contributed by atoms with E-state index in [2.05, 4.69) is 0 Å². The molecule has 2 rings (SSSR count). The molecule has 0 aliphatic carbocycles. The molecule has 0 spiro atoms. The van der Waals surface area contributed by atoms with Crippen LogP contribution in [-0.2, 0) is 24.0 Å². The molecule has 8 nitrogen and oxygen atoms in total. The first-order valence-corrected chi connectivity index (χ1v) is 5.53. The van der Waals surface area contributed by atoms with E-state index in [4.69, 9.17) is 5.11 Å². The predicted octanol–water partition coefficient (Wildman–Crippen LogP) is -1.14. The number of carboxylic acid groups (broad SMARTS) is 1. The summed E-state index contributed by atoms with van der Waals surface area (Å²) in [7, 11) is 0. The average molecular weight is 266 g/mol. The molecule has 1 saturated heterocycles. The van der Waals surface area contributed by atoms with E-state index in [1.54, 1.807) is 0 Å². The first kappa shape index (κ1) is 12.9. The van der Waals surface area contributed by atoms with Crippen molar-refractivity contribution in [2.45, 2.75) is 25.4 Å². The fourth-order valence-corrected chi connectivity index (χ4v) is 2.09. The Morgan fingerprint density at radius 2 is 1.53 bits per heavy atom. The van der Waals surface area contributed by atoms with Crippen LogP contribution in [0.5, 0.6) is 0 Å². The van der Waals surface area contributed by atoms with E-state index in [0.717, 1.165) is 12.2 Å². The van der Waals surface area contributed by atoms with E-state index < -0.39 is 42.2 Å². The van der Waals surface area contributed by atoms with Gasteiger partial charge in [0.15, 0.2) is 0 Å². The maximum Gasteiger partial charge on any atom is 0.307 e. The summed E-state index contributed by atoms with van der Waals surface area (Å²) < 4.78 is 0. The molecule has 1 N–H and O–H groups in total. The van der Waals surface area contributed by atoms with Crippen LogP contribution in [0.15, 0.2) is 12.2 Å². The van der Waals surface area contributed by atoms with Crippen LogP contribution in [0.2, 0.25) is 0 Å². The summed E-state index contributed by atoms with van der Waals surface area (Å²) in [6, 6.07) is 0. The van der Waals surface area contributed by atoms with Crippen LogP contribution in [0.25, 0.3) is 0 Å². The Kier molecular flexibility index (Phi) is 3.16. The Morgan fingerprint density at radius 3 is 1.95 bits per heavy atom. The molecule has 2 aliphatic rings. The fourth-order valence-electron chi connectivity index (χ4n) is 2.09. The topological polar surface area (TPSA) is 112 Å². The zero-order valence-electron chi connectivity index (χ0n) is 9.74. The number of rotatable bonds is 4. The fraction of sp³-hybridized carbons (Fsp3) is 0.364. The van der Waals surface area contributed by atoms with Gasteiger partial charge in [-0.1, -0.05) is 0 Å². The Bertz CT molecular complexity index is 487. The molecule has 0 saturated carbocycles. The second-order valence-corrected chi connectivity index (χ2v) is 4.12. The lowest BCUT2D eigenvalue weighted by atomic mass is 10.2. The molecular formula is C11H10N2O6. The minimum Gasteiger partial charge on any atom is -0.481 e. The minimum absolute atomic E-state index is 0.0431. The van der Waals surface area contributed by atoms with Crippen LogP contribution in [0.4, 0.5) is 0 Å². The van der Waals surface area contributed by atoms with Gasteiger partial charge in [-0.2, -0.15) is 0 Å². The summed E-state index contributed by atoms with van der Waals surface area (Å²) in [4.78, 5) is 58.5. The van der Waals surface area contributed by atoms with E-state index in [0.29, 0.717) is 9.80 Å². The molecule has 1 fully saturated rings. The standard InChI is InChI=1S/C11H10N2O6/c14-7-1-2-8(15)12(7)6(5-11(18)19)13-9(16)3-4-10(13)17/h1-2,6H,3-5H2,(H,18,19). The van der Waals surface area contributed by atoms with Crippen LogP contribution >= 0.6 is 0 Å². The van der Waals surface area contributed by atoms with E-state index >= 15 is 0 Å². The minimum atomic E-state index is -1.39. The highest BCUT2D eigenvalue weighted by Gasteiger charge is 2.43. The summed E-state index contributed by atoms with van der Waals surface area (Å²) in [5, 5.41) is 8.83. The number of carbonyl (C=O) groups is 5. The number of carbonyl (C=O) groups excluding carboxylic acids is 4. The summed E-state index contributed by atoms with van der Waals surface area (Å²) in [5.74, 6) is -3.94. The molecule has 0 bridgehead atoms. The predicted molar refractivity (Wildman–Crippen MR) is 58.1 cm³/mol. The Labute approximate surface area is 107 Å². The zero-order chi connectivity index (χ0) is 14.2. The molecular weight excluding hydrogens is 256 g/mol. The number of carboxylic acids is 1. The van der Waals surface area contributed by atoms with Crippen LogP contribution in [0.1, 0.15) is 19.3 Å². The quantitative estimate of drug-likeness (QED) is 0.644. The number of likely N-dealkylation sites (tertiary alicyclic amines) is 1. The molecule has 0 radical (unpaired) electrons. The van der Waals surface area contributed by atoms with Crippen LogP contribution in [0, 0.1) is 0 Å². The molecule has 2 aliphatic heterocycles. The van der Waals surface area contributed by atoms with Crippen LogP contribution in [-0.4, -0.2) is 50.7 Å². The summed E-state index contributed by atoms with van der Waals surface area (Å²) in [6.45, 7) is 0. The Morgan fingerprint density at radius 1 is 1.05 bits per heavy atom. The molecule has 19 heavy (non-hydrogen) atoms. The molecule has 0 aromatic carbocycles. The molecule has 100 valence electrons. The monoisotopic (exact) mass is 266 g/mol. The molecule has 2 heterocycles. The van der Waals surface area contributed by atoms with Crippen molar-refractivity contribution < 1.29 is 29.1 Å². The van der Waals surface area contributed by atoms with Gasteiger partial charge in [-0.05, 0) is 0 Å². The first-order valence-electron chi connectivity index (χ1n) is 5.53. The second kappa shape index (κ2) is 4.63. The van der Waals surface area contributed by atoms with Gasteiger partial charge in [0.1, 0.15) is 6.17 Å². The molecule has 1 atom stereocenters. The van der Waals surface area contributed by atoms with E-state index in [9.17, 15) is 24.0 Å². The smallest absolute Gasteiger partial charge is 0.307 e. The van der Waals surface area contributed by atoms with Crippen molar-refractivity contribution >= 4 is 29.6 Å². The van der Waals surface area contributed by atoms with Gasteiger partial charge in [0.05, 0.1) is 6.42 Å². The highest BCUT2D eigenvalue weighted by atomic mass is 16.4. The van der Waals surface area contributed by atoms with Crippen LogP contribution < -0.4 is 0 Å². The highest BCUT2D eigenvalue weighted by molar-refractivity contribution is 6.14. The molecule has 1 unspecified atom stereocenters. The normalized spacial score (nSPS) is 20.6. The van der Waals surface area contributed by atoms with E-state index in [-0.39, 0.29) is 12.8 Å². The van der Waals surface area contributed by atoms with Gasteiger partial charge in [0.25, 0.3) is 11.8 Å². The lowest BCUT2D eigenvalue weighted by molar-refractivity contribution is -0.155. The van der Waals surface area contributed by atoms with Crippen molar-refractivity contribution in [3.05, 3.63) is 12.2 Å². The number of aliphatic carboxylic acids is 1. The van der Waals surface area contributed by atoms with Crippen LogP contribution in [0.3, 0.4) is 0 Å². The van der Waals surface area contributed by atoms with Crippen molar-refractivity contribution in [2.75, 3.05) is 0 Å². The van der Waals surface area contributed by atoms with Gasteiger partial charge >= 0.3 is 5.97 Å². The van der Waals surface area contributed by atoms with Gasteiger partial charge < -0.3 is 5.11 Å². The van der Waals surface area contributed by atoms with Crippen molar-refractivity contribution in [2.24, 2.45) is 0 Å². The van der Waals surface area contributed by atoms with Crippen molar-refractivity contribution in [1.29, 1.82) is 0 Å². The molecule has 0 aromatic rings. The number of imide groups is 2. The van der Waals surface area contributed by atoms with E-state index in [1.807, 2.05) is 0 Å². The Hall–Kier alpha value is -2.51. The molecule has 0 aromatic heterocycles. The summed E-state index contributed by atoms with van der Waals surface area (Å²) >= 11 is 0. The SMILES string of the molecule is O=C(O)CC(N1C(=O)C=CC1=O)N1C(=O)CCC1=O. The van der Waals surface area contributed by atoms with Crippen molar-refractivity contribution in [3.8, 4) is 0 Å². The van der Waals surface area contributed by atoms with Gasteiger partial charge in [0.2, 0.25) is 11.8 Å². The number of nitrogens with zero attached hydrogens (tertiary/aromatic N) is 2. The van der Waals surface area contributed by atoms with Crippen molar-refractivity contribution in [3.63, 3.8) is 0 Å². The van der Waals surface area contributed by atoms with Gasteiger partial charge in [0, 0.05) is 25.0 Å². The highest BCUT2D eigenvalue weighted by Crippen LogP contribution is 2.22. The lowest BCUT2D eigenvalue weighted by Crippen LogP contribution is -2.53. The summed E-state index contributed by atoms with van der Waals surface area (Å²) in [5.41, 5.74) is 0. The van der Waals surface area contributed by atoms with Gasteiger partial charge in [-0.25, -0.2) is 0 Å². The summed E-state index contributed by atoms with van der Waals surface area (Å²) in [6.07, 6.45) is -0.215. The molecule has 8 heteroatoms. The average Bonchev–Trinajstić information content (AvgIpc) is 2.81. The zero-order valence-corrected chi connectivity index (χ0v) is 9.74. The maximum atomic E-state index is 11.6. The second-order valence-electron chi connectivity index (χ2n) is 4.12. The third kappa shape index (κ3) is 2.24.